The van der Waals surface area contributed by atoms with Gasteiger partial charge in [-0.1, -0.05) is 36.4 Å². The maximum absolute atomic E-state index is 12.3. The van der Waals surface area contributed by atoms with Crippen molar-refractivity contribution >= 4 is 22.5 Å². The Balaban J connectivity index is 2.09. The van der Waals surface area contributed by atoms with E-state index in [0.717, 1.165) is 27.7 Å². The molecule has 0 fully saturated rings. The number of carbonyl (C=O) groups is 1. The zero-order valence-corrected chi connectivity index (χ0v) is 11.5. The molecule has 2 aromatic carbocycles. The van der Waals surface area contributed by atoms with Crippen LogP contribution in [0, 0.1) is 0 Å². The van der Waals surface area contributed by atoms with E-state index in [-0.39, 0.29) is 5.91 Å². The van der Waals surface area contributed by atoms with Gasteiger partial charge in [-0.05, 0) is 12.1 Å². The number of benzene rings is 2. The lowest BCUT2D eigenvalue weighted by Gasteiger charge is -2.03. The average molecular weight is 275 g/mol. The van der Waals surface area contributed by atoms with Gasteiger partial charge in [-0.2, -0.15) is 5.10 Å². The van der Waals surface area contributed by atoms with E-state index < -0.39 is 0 Å². The predicted octanol–water partition coefficient (Wildman–Crippen LogP) is 2.67. The van der Waals surface area contributed by atoms with Crippen LogP contribution in [-0.2, 0) is 7.05 Å². The highest BCUT2D eigenvalue weighted by atomic mass is 16.2. The molecule has 1 N–H and O–H groups in total. The van der Waals surface area contributed by atoms with Crippen molar-refractivity contribution in [2.24, 2.45) is 12.1 Å². The van der Waals surface area contributed by atoms with Gasteiger partial charge in [0.15, 0.2) is 0 Å². The van der Waals surface area contributed by atoms with Crippen LogP contribution in [0.5, 0.6) is 0 Å². The van der Waals surface area contributed by atoms with Crippen LogP contribution in [0.15, 0.2) is 59.8 Å². The minimum Gasteiger partial charge on any atom is -0.350 e. The van der Waals surface area contributed by atoms with Crippen LogP contribution in [0.1, 0.15) is 21.5 Å². The Labute approximate surface area is 121 Å². The molecule has 0 aliphatic carbocycles. The molecule has 0 unspecified atom stereocenters. The van der Waals surface area contributed by atoms with Gasteiger partial charge in [0.2, 0.25) is 0 Å². The number of aryl methyl sites for hydroxylation is 1. The molecule has 0 radical (unpaired) electrons. The van der Waals surface area contributed by atoms with Gasteiger partial charge < -0.3 is 4.57 Å². The number of hydrogen-bond acceptors (Lipinski definition) is 2. The fourth-order valence-electron chi connectivity index (χ4n) is 2.86. The lowest BCUT2D eigenvalue weighted by molar-refractivity contribution is 0.0957. The molecule has 0 atom stereocenters. The standard InChI is InChI=1S/C17H13N3O/c1-20-10-13-15-12(8-5-9-14(15)20)17(21)19-18-16(13)11-6-3-2-4-7-11/h2-10H,1H3,(H,19,21). The van der Waals surface area contributed by atoms with Crippen molar-refractivity contribution < 1.29 is 4.79 Å². The Bertz CT molecular complexity index is 891. The first kappa shape index (κ1) is 11.9. The van der Waals surface area contributed by atoms with Crippen molar-refractivity contribution in [3.8, 4) is 0 Å². The van der Waals surface area contributed by atoms with Gasteiger partial charge in [0.1, 0.15) is 5.71 Å². The summed E-state index contributed by atoms with van der Waals surface area (Å²) < 4.78 is 2.03. The van der Waals surface area contributed by atoms with Crippen LogP contribution in [0.4, 0.5) is 0 Å². The van der Waals surface area contributed by atoms with E-state index in [4.69, 9.17) is 0 Å². The Hall–Kier alpha value is -2.88. The summed E-state index contributed by atoms with van der Waals surface area (Å²) in [5, 5.41) is 5.29. The van der Waals surface area contributed by atoms with Crippen LogP contribution in [-0.4, -0.2) is 16.2 Å². The lowest BCUT2D eigenvalue weighted by atomic mass is 9.99. The van der Waals surface area contributed by atoms with Crippen molar-refractivity contribution in [1.29, 1.82) is 0 Å². The highest BCUT2D eigenvalue weighted by molar-refractivity contribution is 6.24. The third-order valence-corrected chi connectivity index (χ3v) is 3.83. The van der Waals surface area contributed by atoms with Crippen LogP contribution < -0.4 is 5.43 Å². The lowest BCUT2D eigenvalue weighted by Crippen LogP contribution is -2.17. The first-order valence-corrected chi connectivity index (χ1v) is 6.77. The summed E-state index contributed by atoms with van der Waals surface area (Å²) in [6.45, 7) is 0. The minimum atomic E-state index is -0.168. The summed E-state index contributed by atoms with van der Waals surface area (Å²) >= 11 is 0. The highest BCUT2D eigenvalue weighted by Gasteiger charge is 2.22. The molecule has 0 saturated heterocycles. The second-order valence-corrected chi connectivity index (χ2v) is 5.12. The number of amides is 1. The predicted molar refractivity (Wildman–Crippen MR) is 82.5 cm³/mol. The van der Waals surface area contributed by atoms with E-state index in [2.05, 4.69) is 10.5 Å². The van der Waals surface area contributed by atoms with Gasteiger partial charge >= 0.3 is 0 Å². The summed E-state index contributed by atoms with van der Waals surface area (Å²) in [7, 11) is 1.98. The van der Waals surface area contributed by atoms with Gasteiger partial charge in [-0.3, -0.25) is 4.79 Å². The quantitative estimate of drug-likeness (QED) is 0.729. The van der Waals surface area contributed by atoms with E-state index in [9.17, 15) is 4.79 Å². The number of hydrogen-bond donors (Lipinski definition) is 1. The fraction of sp³-hybridized carbons (Fsp3) is 0.0588. The molecule has 2 heterocycles. The number of aromatic nitrogens is 1. The second kappa shape index (κ2) is 4.31. The molecule has 1 aromatic heterocycles. The first-order valence-electron chi connectivity index (χ1n) is 6.77. The molecule has 1 aliphatic heterocycles. The maximum atomic E-state index is 12.3. The second-order valence-electron chi connectivity index (χ2n) is 5.12. The Kier molecular flexibility index (Phi) is 2.44. The summed E-state index contributed by atoms with van der Waals surface area (Å²) in [5.74, 6) is -0.168. The third-order valence-electron chi connectivity index (χ3n) is 3.83. The van der Waals surface area contributed by atoms with E-state index >= 15 is 0 Å². The van der Waals surface area contributed by atoms with E-state index in [1.807, 2.05) is 66.3 Å². The number of rotatable bonds is 1. The molecular weight excluding hydrogens is 262 g/mol. The van der Waals surface area contributed by atoms with Crippen molar-refractivity contribution in [1.82, 2.24) is 9.99 Å². The normalized spacial score (nSPS) is 13.8. The smallest absolute Gasteiger partial charge is 0.272 e. The van der Waals surface area contributed by atoms with E-state index in [1.165, 1.54) is 0 Å². The van der Waals surface area contributed by atoms with Crippen LogP contribution >= 0.6 is 0 Å². The van der Waals surface area contributed by atoms with E-state index in [0.29, 0.717) is 5.56 Å². The molecule has 4 nitrogen and oxygen atoms in total. The molecule has 3 aromatic rings. The van der Waals surface area contributed by atoms with Gasteiger partial charge in [-0.25, -0.2) is 5.43 Å². The molecule has 4 heteroatoms. The summed E-state index contributed by atoms with van der Waals surface area (Å²) in [4.78, 5) is 12.3. The Morgan fingerprint density at radius 2 is 1.81 bits per heavy atom. The number of carbonyl (C=O) groups excluding carboxylic acids is 1. The molecule has 0 spiro atoms. The molecule has 1 amide bonds. The van der Waals surface area contributed by atoms with Gasteiger partial charge in [0.05, 0.1) is 5.56 Å². The summed E-state index contributed by atoms with van der Waals surface area (Å²) in [6.07, 6.45) is 2.03. The molecule has 4 rings (SSSR count). The average Bonchev–Trinajstić information content (AvgIpc) is 2.78. The number of hydrazone groups is 1. The minimum absolute atomic E-state index is 0.168. The largest absolute Gasteiger partial charge is 0.350 e. The maximum Gasteiger partial charge on any atom is 0.272 e. The van der Waals surface area contributed by atoms with Crippen molar-refractivity contribution in [2.45, 2.75) is 0 Å². The zero-order chi connectivity index (χ0) is 14.4. The molecule has 0 saturated carbocycles. The Morgan fingerprint density at radius 3 is 2.62 bits per heavy atom. The Morgan fingerprint density at radius 1 is 1.00 bits per heavy atom. The highest BCUT2D eigenvalue weighted by Crippen LogP contribution is 2.28. The van der Waals surface area contributed by atoms with Crippen molar-refractivity contribution in [2.75, 3.05) is 0 Å². The number of nitrogens with one attached hydrogen (secondary N) is 1. The first-order chi connectivity index (χ1) is 10.3. The van der Waals surface area contributed by atoms with Gasteiger partial charge in [0.25, 0.3) is 5.91 Å². The SMILES string of the molecule is Cn1cc2c3c(cccc31)C(=O)NN=C2c1ccccc1. The van der Waals surface area contributed by atoms with Crippen molar-refractivity contribution in [3.05, 3.63) is 71.4 Å². The van der Waals surface area contributed by atoms with Gasteiger partial charge in [0, 0.05) is 35.3 Å². The van der Waals surface area contributed by atoms with Crippen LogP contribution in [0.25, 0.3) is 10.9 Å². The monoisotopic (exact) mass is 275 g/mol. The third kappa shape index (κ3) is 1.69. The number of nitrogens with zero attached hydrogens (tertiary/aromatic N) is 2. The fourth-order valence-corrected chi connectivity index (χ4v) is 2.86. The summed E-state index contributed by atoms with van der Waals surface area (Å²) in [5.41, 5.74) is 7.10. The van der Waals surface area contributed by atoms with Crippen molar-refractivity contribution in [3.63, 3.8) is 0 Å². The molecular formula is C17H13N3O. The van der Waals surface area contributed by atoms with E-state index in [1.54, 1.807) is 0 Å². The zero-order valence-electron chi connectivity index (χ0n) is 11.5. The van der Waals surface area contributed by atoms with Crippen LogP contribution in [0.3, 0.4) is 0 Å². The van der Waals surface area contributed by atoms with Crippen LogP contribution in [0.2, 0.25) is 0 Å². The summed E-state index contributed by atoms with van der Waals surface area (Å²) in [6, 6.07) is 15.7. The molecule has 0 bridgehead atoms. The van der Waals surface area contributed by atoms with Gasteiger partial charge in [-0.15, -0.1) is 0 Å². The topological polar surface area (TPSA) is 46.4 Å². The molecule has 1 aliphatic rings. The molecule has 21 heavy (non-hydrogen) atoms. The molecule has 102 valence electrons.